The number of carboxylic acid groups (broad SMARTS) is 1. The molecule has 6 heteroatoms. The summed E-state index contributed by atoms with van der Waals surface area (Å²) in [7, 11) is 0. The molecule has 28 heavy (non-hydrogen) atoms. The van der Waals surface area contributed by atoms with Crippen LogP contribution in [-0.2, 0) is 5.28 Å². The highest BCUT2D eigenvalue weighted by atomic mass is 79.9. The van der Waals surface area contributed by atoms with E-state index >= 15 is 0 Å². The highest BCUT2D eigenvalue weighted by Crippen LogP contribution is 2.14. The van der Waals surface area contributed by atoms with E-state index in [1.165, 1.54) is 24.3 Å². The number of phenolic OH excluding ortho intramolecular Hbond substituents is 1. The van der Waals surface area contributed by atoms with Gasteiger partial charge in [-0.05, 0) is 42.2 Å². The Hall–Kier alpha value is -3.30. The molecule has 0 aromatic heterocycles. The number of aromatic hydroxyl groups is 2. The van der Waals surface area contributed by atoms with Crippen molar-refractivity contribution in [2.45, 2.75) is 12.1 Å². The number of halogens is 1. The van der Waals surface area contributed by atoms with E-state index in [0.717, 1.165) is 0 Å². The topological polar surface area (TPSA) is 102 Å². The summed E-state index contributed by atoms with van der Waals surface area (Å²) in [6, 6.07) is 20.3. The minimum atomic E-state index is -2.22. The van der Waals surface area contributed by atoms with Crippen molar-refractivity contribution < 1.29 is 27.0 Å². The minimum absolute atomic E-state index is 0.000000000000000666. The number of para-hydroxylation sites is 2. The van der Waals surface area contributed by atoms with Crippen molar-refractivity contribution in [1.82, 2.24) is 0 Å². The number of aryl methyl sites for hydroxylation is 1. The maximum absolute atomic E-state index is 10.3. The van der Waals surface area contributed by atoms with Gasteiger partial charge in [-0.1, -0.05) is 64.5 Å². The number of nitriles is 1. The van der Waals surface area contributed by atoms with Crippen molar-refractivity contribution in [3.63, 3.8) is 0 Å². The quantitative estimate of drug-likeness (QED) is 0.466. The first-order valence-corrected chi connectivity index (χ1v) is 8.56. The second kappa shape index (κ2) is 12.2. The molecule has 5 nitrogen and oxygen atoms in total. The first-order chi connectivity index (χ1) is 15.3. The number of rotatable bonds is 2. The van der Waals surface area contributed by atoms with Gasteiger partial charge in [-0.2, -0.15) is 5.26 Å². The molecule has 0 heterocycles. The van der Waals surface area contributed by atoms with E-state index in [1.54, 1.807) is 48.5 Å². The highest BCUT2D eigenvalue weighted by molar-refractivity contribution is 9.08. The molecule has 3 N–H and O–H groups in total. The van der Waals surface area contributed by atoms with Crippen LogP contribution in [0.5, 0.6) is 11.5 Å². The molecule has 0 spiro atoms. The van der Waals surface area contributed by atoms with Crippen LogP contribution < -0.4 is 0 Å². The van der Waals surface area contributed by atoms with Gasteiger partial charge in [0, 0.05) is 12.1 Å². The number of carbonyl (C=O) groups is 1. The maximum atomic E-state index is 10.3. The molecule has 0 aliphatic rings. The molecule has 0 aliphatic carbocycles. The van der Waals surface area contributed by atoms with Crippen molar-refractivity contribution in [2.75, 3.05) is 0 Å². The Bertz CT molecular complexity index is 1120. The second-order valence-corrected chi connectivity index (χ2v) is 5.49. The lowest BCUT2D eigenvalue weighted by Crippen LogP contribution is -1.95. The molecular formula is C22H20BrNO4. The van der Waals surface area contributed by atoms with Gasteiger partial charge in [0.2, 0.25) is 0 Å². The average Bonchev–Trinajstić information content (AvgIpc) is 2.73. The van der Waals surface area contributed by atoms with Gasteiger partial charge in [-0.3, -0.25) is 0 Å². The summed E-state index contributed by atoms with van der Waals surface area (Å²) >= 11 is 2.86. The largest absolute Gasteiger partial charge is 0.508 e. The smallest absolute Gasteiger partial charge is 0.339 e. The number of benzene rings is 3. The SMILES string of the molecule is O=C(O)c1ccccc1O.[2H]C([2H])(Br)c1ccccc1C#N.[2H]C([2H])([2H])c1ccccc1O. The van der Waals surface area contributed by atoms with E-state index in [1.807, 2.05) is 6.07 Å². The number of hydrogen-bond donors (Lipinski definition) is 3. The fourth-order valence-corrected chi connectivity index (χ4v) is 2.14. The van der Waals surface area contributed by atoms with E-state index in [2.05, 4.69) is 15.9 Å². The van der Waals surface area contributed by atoms with Gasteiger partial charge in [-0.15, -0.1) is 0 Å². The standard InChI is InChI=1S/C8H6BrN.C7H6O3.C7H8O/c9-5-7-3-1-2-4-8(7)6-10;8-6-4-2-1-3-5(6)7(9)10;1-6-4-2-3-5-7(6)8/h1-4H,5H2;1-4,8H,(H,9,10);2-5,8H,1H3/i5D2;;1D3. The van der Waals surface area contributed by atoms with Gasteiger partial charge in [-0.25, -0.2) is 4.79 Å². The fraction of sp³-hybridized carbons (Fsp3) is 0.0909. The third-order valence-corrected chi connectivity index (χ3v) is 3.61. The Morgan fingerprint density at radius 2 is 1.61 bits per heavy atom. The predicted octanol–water partition coefficient (Wildman–Crippen LogP) is 5.24. The molecule has 0 atom stereocenters. The van der Waals surface area contributed by atoms with Crippen molar-refractivity contribution in [1.29, 1.82) is 5.26 Å². The minimum Gasteiger partial charge on any atom is -0.508 e. The van der Waals surface area contributed by atoms with Gasteiger partial charge in [0.25, 0.3) is 0 Å². The van der Waals surface area contributed by atoms with E-state index in [9.17, 15) is 4.79 Å². The Labute approximate surface area is 179 Å². The lowest BCUT2D eigenvalue weighted by atomic mass is 10.1. The van der Waals surface area contributed by atoms with Crippen molar-refractivity contribution >= 4 is 21.9 Å². The van der Waals surface area contributed by atoms with Crippen molar-refractivity contribution in [2.24, 2.45) is 0 Å². The maximum Gasteiger partial charge on any atom is 0.339 e. The van der Waals surface area contributed by atoms with Crippen LogP contribution in [0.15, 0.2) is 72.8 Å². The van der Waals surface area contributed by atoms with E-state index in [-0.39, 0.29) is 22.6 Å². The van der Waals surface area contributed by atoms with E-state index < -0.39 is 18.1 Å². The Kier molecular flexibility index (Phi) is 6.83. The number of phenols is 2. The third kappa shape index (κ3) is 7.52. The van der Waals surface area contributed by atoms with Crippen LogP contribution in [-0.4, -0.2) is 21.3 Å². The zero-order valence-corrected chi connectivity index (χ0v) is 16.1. The summed E-state index contributed by atoms with van der Waals surface area (Å²) in [5, 5.41) is 33.4. The number of carboxylic acids is 1. The van der Waals surface area contributed by atoms with Crippen molar-refractivity contribution in [3.8, 4) is 17.6 Å². The molecule has 144 valence electrons. The first-order valence-electron chi connectivity index (χ1n) is 10.3. The van der Waals surface area contributed by atoms with Gasteiger partial charge < -0.3 is 15.3 Å². The molecule has 0 radical (unpaired) electrons. The summed E-state index contributed by atoms with van der Waals surface area (Å²) in [5.74, 6) is -1.49. The van der Waals surface area contributed by atoms with E-state index in [4.69, 9.17) is 27.4 Å². The van der Waals surface area contributed by atoms with Crippen LogP contribution in [0.4, 0.5) is 0 Å². The number of alkyl halides is 1. The molecule has 3 aromatic rings. The Morgan fingerprint density at radius 3 is 2.04 bits per heavy atom. The highest BCUT2D eigenvalue weighted by Gasteiger charge is 2.05. The van der Waals surface area contributed by atoms with Crippen LogP contribution in [0, 0.1) is 18.2 Å². The van der Waals surface area contributed by atoms with Crippen LogP contribution in [0.2, 0.25) is 0 Å². The normalized spacial score (nSPS) is 12.6. The molecule has 0 aliphatic heterocycles. The van der Waals surface area contributed by atoms with Crippen LogP contribution in [0.1, 0.15) is 33.9 Å². The van der Waals surface area contributed by atoms with E-state index in [0.29, 0.717) is 11.1 Å². The summed E-state index contributed by atoms with van der Waals surface area (Å²) in [5.41, 5.74) is 0.661. The molecule has 0 fully saturated rings. The predicted molar refractivity (Wildman–Crippen MR) is 112 cm³/mol. The number of hydrogen-bond acceptors (Lipinski definition) is 4. The monoisotopic (exact) mass is 446 g/mol. The van der Waals surface area contributed by atoms with Crippen LogP contribution in [0.3, 0.4) is 0 Å². The molecule has 0 saturated carbocycles. The third-order valence-electron chi connectivity index (χ3n) is 3.19. The molecule has 3 aromatic carbocycles. The van der Waals surface area contributed by atoms with Gasteiger partial charge >= 0.3 is 5.97 Å². The summed E-state index contributed by atoms with van der Waals surface area (Å²) < 4.78 is 35.7. The average molecular weight is 447 g/mol. The lowest BCUT2D eigenvalue weighted by molar-refractivity contribution is 0.0693. The fourth-order valence-electron chi connectivity index (χ4n) is 1.79. The first kappa shape index (κ1) is 15.7. The van der Waals surface area contributed by atoms with Crippen LogP contribution >= 0.6 is 15.9 Å². The van der Waals surface area contributed by atoms with Crippen LogP contribution in [0.25, 0.3) is 0 Å². The van der Waals surface area contributed by atoms with Crippen molar-refractivity contribution in [3.05, 3.63) is 95.1 Å². The summed E-state index contributed by atoms with van der Waals surface area (Å²) in [4.78, 5) is 10.3. The molecule has 0 bridgehead atoms. The number of aromatic carboxylic acids is 1. The molecule has 0 unspecified atom stereocenters. The van der Waals surface area contributed by atoms with Gasteiger partial charge in [0.15, 0.2) is 0 Å². The lowest BCUT2D eigenvalue weighted by Gasteiger charge is -1.95. The molecule has 0 saturated heterocycles. The zero-order valence-electron chi connectivity index (χ0n) is 19.5. The second-order valence-electron chi connectivity index (χ2n) is 5.09. The molecule has 3 rings (SSSR count). The van der Waals surface area contributed by atoms with Gasteiger partial charge in [0.05, 0.1) is 11.6 Å². The Morgan fingerprint density at radius 1 is 1.04 bits per heavy atom. The zero-order chi connectivity index (χ0) is 25.2. The molecular weight excluding hydrogens is 422 g/mol. The summed E-state index contributed by atoms with van der Waals surface area (Å²) in [6.07, 6.45) is 0. The Balaban J connectivity index is 0.000000249. The molecule has 0 amide bonds. The summed E-state index contributed by atoms with van der Waals surface area (Å²) in [6.45, 7) is -2.22. The number of nitrogens with zero attached hydrogens (tertiary/aromatic N) is 1. The van der Waals surface area contributed by atoms with Gasteiger partial charge in [0.1, 0.15) is 17.1 Å².